The molecular formula is C22H24N4O2. The molecule has 0 N–H and O–H groups in total. The largest absolute Gasteiger partial charge is 0.359 e. The molecule has 0 spiro atoms. The number of carbonyl (C=O) groups is 1. The monoisotopic (exact) mass is 376 g/mol. The fraction of sp³-hybridized carbons (Fsp3) is 0.318. The maximum absolute atomic E-state index is 13.0. The van der Waals surface area contributed by atoms with Crippen LogP contribution in [0.5, 0.6) is 0 Å². The summed E-state index contributed by atoms with van der Waals surface area (Å²) in [6.07, 6.45) is 3.81. The van der Waals surface area contributed by atoms with Crippen LogP contribution in [-0.4, -0.2) is 38.9 Å². The molecule has 1 aromatic carbocycles. The van der Waals surface area contributed by atoms with Gasteiger partial charge in [-0.1, -0.05) is 41.6 Å². The Morgan fingerprint density at radius 2 is 1.86 bits per heavy atom. The Kier molecular flexibility index (Phi) is 5.48. The second kappa shape index (κ2) is 8.35. The number of hydrogen-bond acceptors (Lipinski definition) is 5. The molecule has 0 radical (unpaired) electrons. The molecule has 3 aromatic rings. The maximum atomic E-state index is 13.0. The summed E-state index contributed by atoms with van der Waals surface area (Å²) in [6.45, 7) is 1.90. The molecule has 0 aliphatic heterocycles. The molecule has 0 bridgehead atoms. The molecule has 0 atom stereocenters. The standard InChI is InChI=1S/C22H24N4O2/c1-25(14-17-7-3-2-4-8-17)16-20-13-21(24-28-20)22(27)26(19-10-11-19)15-18-9-5-6-12-23-18/h2-9,12-13,19H,10-11,14-16H2,1H3. The molecule has 2 heterocycles. The molecule has 28 heavy (non-hydrogen) atoms. The normalized spacial score (nSPS) is 13.6. The van der Waals surface area contributed by atoms with E-state index in [9.17, 15) is 4.79 Å². The smallest absolute Gasteiger partial charge is 0.276 e. The summed E-state index contributed by atoms with van der Waals surface area (Å²) in [6, 6.07) is 18.0. The van der Waals surface area contributed by atoms with E-state index >= 15 is 0 Å². The average molecular weight is 376 g/mol. The molecular weight excluding hydrogens is 352 g/mol. The molecule has 4 rings (SSSR count). The first kappa shape index (κ1) is 18.4. The van der Waals surface area contributed by atoms with Crippen LogP contribution >= 0.6 is 0 Å². The highest BCUT2D eigenvalue weighted by Crippen LogP contribution is 2.29. The van der Waals surface area contributed by atoms with Gasteiger partial charge in [-0.15, -0.1) is 0 Å². The van der Waals surface area contributed by atoms with E-state index in [1.165, 1.54) is 5.56 Å². The van der Waals surface area contributed by atoms with Gasteiger partial charge in [-0.3, -0.25) is 14.7 Å². The predicted octanol–water partition coefficient (Wildman–Crippen LogP) is 3.51. The second-order valence-electron chi connectivity index (χ2n) is 7.32. The van der Waals surface area contributed by atoms with Crippen molar-refractivity contribution in [2.75, 3.05) is 7.05 Å². The van der Waals surface area contributed by atoms with Gasteiger partial charge in [0.25, 0.3) is 5.91 Å². The van der Waals surface area contributed by atoms with Gasteiger partial charge < -0.3 is 9.42 Å². The highest BCUT2D eigenvalue weighted by Gasteiger charge is 2.34. The summed E-state index contributed by atoms with van der Waals surface area (Å²) >= 11 is 0. The van der Waals surface area contributed by atoms with Crippen LogP contribution in [0.25, 0.3) is 0 Å². The molecule has 1 aliphatic carbocycles. The Balaban J connectivity index is 1.40. The molecule has 6 nitrogen and oxygen atoms in total. The van der Waals surface area contributed by atoms with Gasteiger partial charge in [-0.25, -0.2) is 0 Å². The van der Waals surface area contributed by atoms with Gasteiger partial charge in [0.1, 0.15) is 0 Å². The van der Waals surface area contributed by atoms with E-state index in [0.29, 0.717) is 24.5 Å². The van der Waals surface area contributed by atoms with Gasteiger partial charge in [0.05, 0.1) is 18.8 Å². The number of carbonyl (C=O) groups excluding carboxylic acids is 1. The highest BCUT2D eigenvalue weighted by molar-refractivity contribution is 5.92. The lowest BCUT2D eigenvalue weighted by Crippen LogP contribution is -2.33. The zero-order chi connectivity index (χ0) is 19.3. The molecule has 144 valence electrons. The van der Waals surface area contributed by atoms with Crippen molar-refractivity contribution >= 4 is 5.91 Å². The molecule has 0 saturated heterocycles. The first-order valence-electron chi connectivity index (χ1n) is 9.58. The van der Waals surface area contributed by atoms with Crippen molar-refractivity contribution in [3.63, 3.8) is 0 Å². The van der Waals surface area contributed by atoms with Gasteiger partial charge in [0.2, 0.25) is 0 Å². The van der Waals surface area contributed by atoms with E-state index in [1.807, 2.05) is 48.3 Å². The van der Waals surface area contributed by atoms with Crippen LogP contribution < -0.4 is 0 Å². The summed E-state index contributed by atoms with van der Waals surface area (Å²) < 4.78 is 5.44. The number of amides is 1. The Bertz CT molecular complexity index is 907. The Hall–Kier alpha value is -2.99. The van der Waals surface area contributed by atoms with Gasteiger partial charge in [0, 0.05) is 24.8 Å². The van der Waals surface area contributed by atoms with Crippen molar-refractivity contribution in [3.8, 4) is 0 Å². The SMILES string of the molecule is CN(Cc1ccccc1)Cc1cc(C(=O)N(Cc2ccccn2)C2CC2)no1. The summed E-state index contributed by atoms with van der Waals surface area (Å²) in [7, 11) is 2.02. The summed E-state index contributed by atoms with van der Waals surface area (Å²) in [5.74, 6) is 0.601. The molecule has 0 unspecified atom stereocenters. The molecule has 1 aliphatic rings. The average Bonchev–Trinajstić information content (AvgIpc) is 3.45. The molecule has 1 fully saturated rings. The van der Waals surface area contributed by atoms with Crippen molar-refractivity contribution in [1.29, 1.82) is 0 Å². The van der Waals surface area contributed by atoms with Crippen LogP contribution in [0, 0.1) is 0 Å². The van der Waals surface area contributed by atoms with Gasteiger partial charge in [-0.2, -0.15) is 0 Å². The van der Waals surface area contributed by atoms with Crippen molar-refractivity contribution in [3.05, 3.63) is 83.5 Å². The summed E-state index contributed by atoms with van der Waals surface area (Å²) in [4.78, 5) is 21.3. The number of pyridine rings is 1. The lowest BCUT2D eigenvalue weighted by Gasteiger charge is -2.20. The third-order valence-corrected chi connectivity index (χ3v) is 4.81. The topological polar surface area (TPSA) is 62.5 Å². The Morgan fingerprint density at radius 3 is 2.57 bits per heavy atom. The number of benzene rings is 1. The number of nitrogens with zero attached hydrogens (tertiary/aromatic N) is 4. The van der Waals surface area contributed by atoms with E-state index in [0.717, 1.165) is 25.1 Å². The van der Waals surface area contributed by atoms with Crippen LogP contribution in [0.4, 0.5) is 0 Å². The maximum Gasteiger partial charge on any atom is 0.276 e. The number of hydrogen-bond donors (Lipinski definition) is 0. The lowest BCUT2D eigenvalue weighted by molar-refractivity contribution is 0.0717. The van der Waals surface area contributed by atoms with E-state index in [4.69, 9.17) is 4.52 Å². The molecule has 2 aromatic heterocycles. The zero-order valence-corrected chi connectivity index (χ0v) is 16.0. The van der Waals surface area contributed by atoms with Crippen LogP contribution in [-0.2, 0) is 19.6 Å². The van der Waals surface area contributed by atoms with Gasteiger partial charge >= 0.3 is 0 Å². The van der Waals surface area contributed by atoms with Crippen LogP contribution in [0.1, 0.15) is 40.3 Å². The van der Waals surface area contributed by atoms with Gasteiger partial charge in [-0.05, 0) is 37.6 Å². The van der Waals surface area contributed by atoms with Crippen molar-refractivity contribution in [2.24, 2.45) is 0 Å². The van der Waals surface area contributed by atoms with Crippen molar-refractivity contribution < 1.29 is 9.32 Å². The predicted molar refractivity (Wildman–Crippen MR) is 105 cm³/mol. The number of rotatable bonds is 8. The fourth-order valence-corrected chi connectivity index (χ4v) is 3.27. The Morgan fingerprint density at radius 1 is 1.07 bits per heavy atom. The van der Waals surface area contributed by atoms with E-state index in [2.05, 4.69) is 27.2 Å². The second-order valence-corrected chi connectivity index (χ2v) is 7.32. The summed E-state index contributed by atoms with van der Waals surface area (Å²) in [5.41, 5.74) is 2.48. The van der Waals surface area contributed by atoms with Crippen molar-refractivity contribution in [1.82, 2.24) is 19.9 Å². The lowest BCUT2D eigenvalue weighted by atomic mass is 10.2. The fourth-order valence-electron chi connectivity index (χ4n) is 3.27. The van der Waals surface area contributed by atoms with Crippen molar-refractivity contribution in [2.45, 2.75) is 38.5 Å². The minimum Gasteiger partial charge on any atom is -0.359 e. The third kappa shape index (κ3) is 4.64. The highest BCUT2D eigenvalue weighted by atomic mass is 16.5. The van der Waals surface area contributed by atoms with Crippen LogP contribution in [0.15, 0.2) is 65.3 Å². The number of aromatic nitrogens is 2. The van der Waals surface area contributed by atoms with E-state index in [1.54, 1.807) is 12.3 Å². The van der Waals surface area contributed by atoms with Crippen LogP contribution in [0.2, 0.25) is 0 Å². The Labute approximate surface area is 164 Å². The quantitative estimate of drug-likeness (QED) is 0.602. The van der Waals surface area contributed by atoms with Gasteiger partial charge in [0.15, 0.2) is 11.5 Å². The van der Waals surface area contributed by atoms with E-state index in [-0.39, 0.29) is 11.9 Å². The minimum atomic E-state index is -0.0890. The van der Waals surface area contributed by atoms with E-state index < -0.39 is 0 Å². The third-order valence-electron chi connectivity index (χ3n) is 4.81. The van der Waals surface area contributed by atoms with Crippen LogP contribution in [0.3, 0.4) is 0 Å². The molecule has 1 saturated carbocycles. The minimum absolute atomic E-state index is 0.0890. The first-order valence-corrected chi connectivity index (χ1v) is 9.58. The summed E-state index contributed by atoms with van der Waals surface area (Å²) in [5, 5.41) is 4.04. The molecule has 1 amide bonds. The molecule has 6 heteroatoms. The zero-order valence-electron chi connectivity index (χ0n) is 16.0. The first-order chi connectivity index (χ1) is 13.7.